The van der Waals surface area contributed by atoms with Gasteiger partial charge in [-0.2, -0.15) is 0 Å². The molecule has 1 amide bonds. The van der Waals surface area contributed by atoms with Gasteiger partial charge >= 0.3 is 0 Å². The smallest absolute Gasteiger partial charge is 0.252 e. The van der Waals surface area contributed by atoms with Gasteiger partial charge in [0.2, 0.25) is 0 Å². The van der Waals surface area contributed by atoms with Gasteiger partial charge in [0.25, 0.3) is 5.91 Å². The molecule has 1 aliphatic rings. The molecule has 0 bridgehead atoms. The highest BCUT2D eigenvalue weighted by molar-refractivity contribution is 6.31. The van der Waals surface area contributed by atoms with Crippen LogP contribution in [0.3, 0.4) is 0 Å². The van der Waals surface area contributed by atoms with Crippen molar-refractivity contribution in [1.82, 2.24) is 9.97 Å². The Morgan fingerprint density at radius 1 is 1.09 bits per heavy atom. The molecule has 4 aromatic rings. The molecule has 2 aromatic carbocycles. The monoisotopic (exact) mass is 478 g/mol. The molecule has 5 N–H and O–H groups in total. The molecule has 174 valence electrons. The van der Waals surface area contributed by atoms with Gasteiger partial charge in [0.05, 0.1) is 34.1 Å². The number of halogens is 1. The molecule has 1 aliphatic heterocycles. The molecule has 0 radical (unpaired) electrons. The minimum absolute atomic E-state index is 0.336. The van der Waals surface area contributed by atoms with Crippen molar-refractivity contribution in [2.45, 2.75) is 31.6 Å². The average Bonchev–Trinajstić information content (AvgIpc) is 3.25. The zero-order chi connectivity index (χ0) is 24.0. The van der Waals surface area contributed by atoms with E-state index in [1.807, 2.05) is 30.3 Å². The molecular weight excluding hydrogens is 456 g/mol. The molecule has 0 saturated heterocycles. The minimum atomic E-state index is -1.26. The first-order valence-electron chi connectivity index (χ1n) is 10.8. The summed E-state index contributed by atoms with van der Waals surface area (Å²) in [6.45, 7) is 3.16. The molecule has 0 spiro atoms. The number of carbonyl (C=O) groups excluding carboxylic acids is 1. The van der Waals surface area contributed by atoms with Crippen LogP contribution in [0.1, 0.15) is 31.1 Å². The maximum atomic E-state index is 12.6. The molecule has 0 aliphatic carbocycles. The van der Waals surface area contributed by atoms with Gasteiger partial charge < -0.3 is 30.6 Å². The van der Waals surface area contributed by atoms with Crippen LogP contribution >= 0.6 is 11.6 Å². The van der Waals surface area contributed by atoms with Crippen molar-refractivity contribution in [2.24, 2.45) is 0 Å². The predicted octanol–water partition coefficient (Wildman–Crippen LogP) is 4.59. The van der Waals surface area contributed by atoms with Crippen LogP contribution in [0.25, 0.3) is 11.0 Å². The van der Waals surface area contributed by atoms with Gasteiger partial charge in [-0.25, -0.2) is 4.98 Å². The number of para-hydroxylation sites is 1. The fourth-order valence-corrected chi connectivity index (χ4v) is 4.28. The van der Waals surface area contributed by atoms with Crippen molar-refractivity contribution in [2.75, 3.05) is 10.6 Å². The average molecular weight is 479 g/mol. The van der Waals surface area contributed by atoms with Crippen LogP contribution in [0.5, 0.6) is 11.5 Å². The van der Waals surface area contributed by atoms with Gasteiger partial charge in [0, 0.05) is 17.3 Å². The number of H-pyrrole nitrogens is 1. The third kappa shape index (κ3) is 3.66. The zero-order valence-corrected chi connectivity index (χ0v) is 19.2. The largest absolute Gasteiger partial charge is 0.457 e. The van der Waals surface area contributed by atoms with Gasteiger partial charge in [0.1, 0.15) is 28.8 Å². The first-order chi connectivity index (χ1) is 16.3. The summed E-state index contributed by atoms with van der Waals surface area (Å²) in [5, 5.41) is 28.4. The van der Waals surface area contributed by atoms with Gasteiger partial charge in [-0.05, 0) is 38.1 Å². The van der Waals surface area contributed by atoms with E-state index in [2.05, 4.69) is 20.6 Å². The quantitative estimate of drug-likeness (QED) is 0.286. The molecular formula is C25H23ClN4O4. The summed E-state index contributed by atoms with van der Waals surface area (Å²) in [5.74, 6) is 0.850. The number of rotatable bonds is 5. The molecule has 8 nitrogen and oxygen atoms in total. The number of aliphatic hydroxyl groups is 2. The first-order valence-corrected chi connectivity index (χ1v) is 11.1. The number of fused-ring (bicyclic) bond motifs is 3. The Labute approximate surface area is 200 Å². The van der Waals surface area contributed by atoms with E-state index in [1.165, 1.54) is 6.20 Å². The Balaban J connectivity index is 1.53. The Bertz CT molecular complexity index is 1390. The van der Waals surface area contributed by atoms with Crippen molar-refractivity contribution in [1.29, 1.82) is 0 Å². The number of ether oxygens (including phenoxy) is 1. The molecule has 2 aromatic heterocycles. The predicted molar refractivity (Wildman–Crippen MR) is 130 cm³/mol. The number of anilines is 2. The van der Waals surface area contributed by atoms with E-state index >= 15 is 0 Å². The molecule has 34 heavy (non-hydrogen) atoms. The van der Waals surface area contributed by atoms with Gasteiger partial charge in [0.15, 0.2) is 0 Å². The summed E-state index contributed by atoms with van der Waals surface area (Å²) >= 11 is 6.54. The molecule has 3 unspecified atom stereocenters. The SMILES string of the molecule is CC(O)C1(C)Nc2c(cnc3[nH]cc(C(O)c4ccc(Oc5ccccc5)cc4Cl)c23)NC1=O. The van der Waals surface area contributed by atoms with E-state index in [1.54, 1.807) is 38.2 Å². The van der Waals surface area contributed by atoms with Crippen molar-refractivity contribution < 1.29 is 19.7 Å². The maximum Gasteiger partial charge on any atom is 0.252 e. The van der Waals surface area contributed by atoms with Crippen LogP contribution in [0.15, 0.2) is 60.9 Å². The van der Waals surface area contributed by atoms with Crippen molar-refractivity contribution in [3.8, 4) is 11.5 Å². The number of aromatic amines is 1. The third-order valence-corrected chi connectivity index (χ3v) is 6.54. The van der Waals surface area contributed by atoms with Crippen LogP contribution in [-0.2, 0) is 4.79 Å². The Morgan fingerprint density at radius 3 is 2.56 bits per heavy atom. The van der Waals surface area contributed by atoms with Crippen LogP contribution in [0, 0.1) is 0 Å². The topological polar surface area (TPSA) is 120 Å². The highest BCUT2D eigenvalue weighted by Gasteiger charge is 2.43. The van der Waals surface area contributed by atoms with Gasteiger partial charge in [-0.3, -0.25) is 4.79 Å². The summed E-state index contributed by atoms with van der Waals surface area (Å²) in [5.41, 5.74) is 1.29. The first kappa shape index (κ1) is 22.2. The second-order valence-corrected chi connectivity index (χ2v) is 8.88. The lowest BCUT2D eigenvalue weighted by Crippen LogP contribution is -2.57. The number of carbonyl (C=O) groups is 1. The van der Waals surface area contributed by atoms with Crippen LogP contribution in [0.4, 0.5) is 11.4 Å². The van der Waals surface area contributed by atoms with E-state index in [0.717, 1.165) is 0 Å². The molecule has 9 heteroatoms. The molecule has 0 saturated carbocycles. The van der Waals surface area contributed by atoms with E-state index in [9.17, 15) is 15.0 Å². The second-order valence-electron chi connectivity index (χ2n) is 8.47. The number of aromatic nitrogens is 2. The normalized spacial score (nSPS) is 19.1. The number of nitrogens with one attached hydrogen (secondary N) is 3. The van der Waals surface area contributed by atoms with Crippen molar-refractivity contribution in [3.05, 3.63) is 77.1 Å². The van der Waals surface area contributed by atoms with Gasteiger partial charge in [-0.15, -0.1) is 0 Å². The highest BCUT2D eigenvalue weighted by Crippen LogP contribution is 2.42. The fourth-order valence-electron chi connectivity index (χ4n) is 4.01. The number of benzene rings is 2. The van der Waals surface area contributed by atoms with Crippen LogP contribution < -0.4 is 15.4 Å². The second kappa shape index (κ2) is 8.32. The van der Waals surface area contributed by atoms with Crippen LogP contribution in [-0.4, -0.2) is 37.7 Å². The lowest BCUT2D eigenvalue weighted by atomic mass is 9.90. The number of aliphatic hydroxyl groups excluding tert-OH is 2. The maximum absolute atomic E-state index is 12.6. The zero-order valence-electron chi connectivity index (χ0n) is 18.5. The number of hydrogen-bond donors (Lipinski definition) is 5. The summed E-state index contributed by atoms with van der Waals surface area (Å²) < 4.78 is 5.83. The Hall–Kier alpha value is -3.59. The highest BCUT2D eigenvalue weighted by atomic mass is 35.5. The van der Waals surface area contributed by atoms with Crippen molar-refractivity contribution >= 4 is 39.9 Å². The van der Waals surface area contributed by atoms with E-state index in [4.69, 9.17) is 16.3 Å². The third-order valence-electron chi connectivity index (χ3n) is 6.21. The lowest BCUT2D eigenvalue weighted by molar-refractivity contribution is -0.123. The summed E-state index contributed by atoms with van der Waals surface area (Å²) in [6, 6.07) is 14.4. The molecule has 5 rings (SSSR count). The fraction of sp³-hybridized carbons (Fsp3) is 0.200. The van der Waals surface area contributed by atoms with Crippen LogP contribution in [0.2, 0.25) is 5.02 Å². The van der Waals surface area contributed by atoms with E-state index < -0.39 is 17.7 Å². The standard InChI is InChI=1S/C25H23ClN4O4/c1-13(31)25(2)24(33)29-19-12-28-23-20(21(19)30-25)17(11-27-23)22(32)16-9-8-15(10-18(16)26)34-14-6-4-3-5-7-14/h3-13,22,30-32H,1-2H3,(H,27,28)(H,29,33). The van der Waals surface area contributed by atoms with Gasteiger partial charge in [-0.1, -0.05) is 35.9 Å². The number of amides is 1. The van der Waals surface area contributed by atoms with Crippen molar-refractivity contribution in [3.63, 3.8) is 0 Å². The molecule has 3 heterocycles. The Kier molecular flexibility index (Phi) is 5.44. The van der Waals surface area contributed by atoms with E-state index in [-0.39, 0.29) is 5.91 Å². The number of pyridine rings is 1. The number of nitrogens with zero attached hydrogens (tertiary/aromatic N) is 1. The Morgan fingerprint density at radius 2 is 1.85 bits per heavy atom. The van der Waals surface area contributed by atoms with E-state index in [0.29, 0.717) is 50.1 Å². The molecule has 0 fully saturated rings. The molecule has 3 atom stereocenters. The number of hydrogen-bond acceptors (Lipinski definition) is 6. The summed E-state index contributed by atoms with van der Waals surface area (Å²) in [6.07, 6.45) is 1.13. The summed E-state index contributed by atoms with van der Waals surface area (Å²) in [4.78, 5) is 20.0. The lowest BCUT2D eigenvalue weighted by Gasteiger charge is -2.38. The summed E-state index contributed by atoms with van der Waals surface area (Å²) in [7, 11) is 0. The minimum Gasteiger partial charge on any atom is -0.457 e.